The highest BCUT2D eigenvalue weighted by Gasteiger charge is 2.36. The predicted molar refractivity (Wildman–Crippen MR) is 69.8 cm³/mol. The van der Waals surface area contributed by atoms with Crippen LogP contribution in [0.3, 0.4) is 0 Å². The van der Waals surface area contributed by atoms with Crippen LogP contribution < -0.4 is 0 Å². The Bertz CT molecular complexity index is 317. The lowest BCUT2D eigenvalue weighted by atomic mass is 9.89. The zero-order valence-corrected chi connectivity index (χ0v) is 11.7. The van der Waals surface area contributed by atoms with Crippen LogP contribution in [0.5, 0.6) is 0 Å². The monoisotopic (exact) mass is 308 g/mol. The van der Waals surface area contributed by atoms with E-state index in [-0.39, 0.29) is 5.92 Å². The highest BCUT2D eigenvalue weighted by molar-refractivity contribution is 5.72. The van der Waals surface area contributed by atoms with E-state index in [1.54, 1.807) is 0 Å². The third-order valence-corrected chi connectivity index (χ3v) is 3.75. The molecule has 1 aliphatic carbocycles. The smallest absolute Gasteiger partial charge is 0.311 e. The molecule has 0 radical (unpaired) electrons. The molecule has 1 unspecified atom stereocenters. The SMILES string of the molecule is O=C(OC(O)[C@H](O)[C@@H](O)[C@H](O)[C@H](O)CO)C1CCCCC1. The van der Waals surface area contributed by atoms with Gasteiger partial charge in [0.25, 0.3) is 0 Å². The number of hydrogen-bond acceptors (Lipinski definition) is 8. The topological polar surface area (TPSA) is 148 Å². The van der Waals surface area contributed by atoms with E-state index in [1.165, 1.54) is 0 Å². The second-order valence-electron chi connectivity index (χ2n) is 5.38. The largest absolute Gasteiger partial charge is 0.433 e. The van der Waals surface area contributed by atoms with Crippen molar-refractivity contribution in [3.05, 3.63) is 0 Å². The van der Waals surface area contributed by atoms with Gasteiger partial charge in [0.15, 0.2) is 0 Å². The van der Waals surface area contributed by atoms with Gasteiger partial charge in [0.1, 0.15) is 24.4 Å². The second-order valence-corrected chi connectivity index (χ2v) is 5.38. The summed E-state index contributed by atoms with van der Waals surface area (Å²) in [7, 11) is 0. The van der Waals surface area contributed by atoms with Crippen molar-refractivity contribution in [3.63, 3.8) is 0 Å². The number of ether oxygens (including phenoxy) is 1. The van der Waals surface area contributed by atoms with E-state index in [0.29, 0.717) is 12.8 Å². The lowest BCUT2D eigenvalue weighted by molar-refractivity contribution is -0.217. The molecule has 0 bridgehead atoms. The number of rotatable bonds is 7. The molecule has 1 aliphatic rings. The van der Waals surface area contributed by atoms with Crippen molar-refractivity contribution in [1.29, 1.82) is 0 Å². The zero-order chi connectivity index (χ0) is 16.0. The molecule has 21 heavy (non-hydrogen) atoms. The average Bonchev–Trinajstić information content (AvgIpc) is 2.52. The summed E-state index contributed by atoms with van der Waals surface area (Å²) in [5.74, 6) is -1.00. The maximum Gasteiger partial charge on any atom is 0.311 e. The van der Waals surface area contributed by atoms with Crippen molar-refractivity contribution in [2.75, 3.05) is 6.61 Å². The van der Waals surface area contributed by atoms with E-state index in [4.69, 9.17) is 10.2 Å². The van der Waals surface area contributed by atoms with Gasteiger partial charge in [-0.15, -0.1) is 0 Å². The van der Waals surface area contributed by atoms with Crippen LogP contribution in [0.1, 0.15) is 32.1 Å². The molecule has 0 saturated heterocycles. The highest BCUT2D eigenvalue weighted by atomic mass is 16.6. The van der Waals surface area contributed by atoms with Gasteiger partial charge < -0.3 is 35.4 Å². The van der Waals surface area contributed by atoms with E-state index in [0.717, 1.165) is 19.3 Å². The van der Waals surface area contributed by atoms with Crippen molar-refractivity contribution < 1.29 is 40.2 Å². The van der Waals surface area contributed by atoms with Crippen molar-refractivity contribution in [2.24, 2.45) is 5.92 Å². The first-order valence-corrected chi connectivity index (χ1v) is 7.10. The summed E-state index contributed by atoms with van der Waals surface area (Å²) in [6.07, 6.45) is -5.43. The molecule has 0 amide bonds. The Labute approximate surface area is 122 Å². The van der Waals surface area contributed by atoms with Crippen molar-refractivity contribution in [2.45, 2.75) is 62.8 Å². The first kappa shape index (κ1) is 18.3. The predicted octanol–water partition coefficient (Wildman–Crippen LogP) is -2.14. The molecule has 5 atom stereocenters. The fourth-order valence-corrected chi connectivity index (χ4v) is 2.33. The van der Waals surface area contributed by atoms with Gasteiger partial charge in [-0.3, -0.25) is 4.79 Å². The standard InChI is InChI=1S/C13H24O8/c14-6-8(15)9(16)10(17)11(18)13(20)21-12(19)7-4-2-1-3-5-7/h7-11,13-18,20H,1-6H2/t8-,9-,10+,11-,13?/m1/s1. The zero-order valence-electron chi connectivity index (χ0n) is 11.7. The van der Waals surface area contributed by atoms with E-state index in [1.807, 2.05) is 0 Å². The van der Waals surface area contributed by atoms with Crippen LogP contribution in [0.15, 0.2) is 0 Å². The molecule has 1 fully saturated rings. The van der Waals surface area contributed by atoms with Crippen molar-refractivity contribution in [3.8, 4) is 0 Å². The molecule has 0 aromatic rings. The van der Waals surface area contributed by atoms with E-state index in [9.17, 15) is 25.2 Å². The summed E-state index contributed by atoms with van der Waals surface area (Å²) in [4.78, 5) is 11.8. The summed E-state index contributed by atoms with van der Waals surface area (Å²) in [6.45, 7) is -0.830. The lowest BCUT2D eigenvalue weighted by Crippen LogP contribution is -2.51. The highest BCUT2D eigenvalue weighted by Crippen LogP contribution is 2.25. The van der Waals surface area contributed by atoms with Crippen LogP contribution in [-0.4, -0.2) is 73.9 Å². The number of carbonyl (C=O) groups excluding carboxylic acids is 1. The molecule has 8 nitrogen and oxygen atoms in total. The Morgan fingerprint density at radius 3 is 2.05 bits per heavy atom. The maximum atomic E-state index is 11.8. The molecule has 0 aromatic carbocycles. The molecule has 1 saturated carbocycles. The number of aliphatic hydroxyl groups is 6. The van der Waals surface area contributed by atoms with Crippen LogP contribution in [0.25, 0.3) is 0 Å². The van der Waals surface area contributed by atoms with Gasteiger partial charge in [0.05, 0.1) is 12.5 Å². The molecule has 0 aromatic heterocycles. The minimum absolute atomic E-state index is 0.342. The van der Waals surface area contributed by atoms with Gasteiger partial charge in [-0.2, -0.15) is 0 Å². The van der Waals surface area contributed by atoms with Crippen LogP contribution >= 0.6 is 0 Å². The molecule has 8 heteroatoms. The quantitative estimate of drug-likeness (QED) is 0.231. The lowest BCUT2D eigenvalue weighted by Gasteiger charge is -2.29. The molecule has 0 spiro atoms. The summed E-state index contributed by atoms with van der Waals surface area (Å²) in [6, 6.07) is 0. The van der Waals surface area contributed by atoms with Gasteiger partial charge in [0, 0.05) is 0 Å². The fraction of sp³-hybridized carbons (Fsp3) is 0.923. The Morgan fingerprint density at radius 1 is 0.952 bits per heavy atom. The molecule has 1 rings (SSSR count). The molecule has 0 heterocycles. The van der Waals surface area contributed by atoms with Crippen LogP contribution in [0.4, 0.5) is 0 Å². The van der Waals surface area contributed by atoms with Crippen LogP contribution in [-0.2, 0) is 9.53 Å². The van der Waals surface area contributed by atoms with Crippen molar-refractivity contribution >= 4 is 5.97 Å². The maximum absolute atomic E-state index is 11.8. The normalized spacial score (nSPS) is 23.9. The molecule has 6 N–H and O–H groups in total. The summed E-state index contributed by atoms with van der Waals surface area (Å²) in [5.41, 5.74) is 0. The number of aliphatic hydroxyl groups excluding tert-OH is 6. The van der Waals surface area contributed by atoms with E-state index >= 15 is 0 Å². The third-order valence-electron chi connectivity index (χ3n) is 3.75. The Morgan fingerprint density at radius 2 is 1.52 bits per heavy atom. The number of esters is 1. The van der Waals surface area contributed by atoms with E-state index < -0.39 is 43.3 Å². The van der Waals surface area contributed by atoms with Gasteiger partial charge in [-0.1, -0.05) is 19.3 Å². The number of carbonyl (C=O) groups is 1. The fourth-order valence-electron chi connectivity index (χ4n) is 2.33. The average molecular weight is 308 g/mol. The molecule has 124 valence electrons. The van der Waals surface area contributed by atoms with Crippen molar-refractivity contribution in [1.82, 2.24) is 0 Å². The Balaban J connectivity index is 2.49. The van der Waals surface area contributed by atoms with E-state index in [2.05, 4.69) is 4.74 Å². The molecular formula is C13H24O8. The minimum Gasteiger partial charge on any atom is -0.433 e. The first-order chi connectivity index (χ1) is 9.88. The first-order valence-electron chi connectivity index (χ1n) is 7.10. The second kappa shape index (κ2) is 8.62. The molecule has 0 aliphatic heterocycles. The number of hydrogen-bond donors (Lipinski definition) is 6. The van der Waals surface area contributed by atoms with Crippen LogP contribution in [0, 0.1) is 5.92 Å². The summed E-state index contributed by atoms with van der Waals surface area (Å²) in [5, 5.41) is 56.0. The van der Waals surface area contributed by atoms with Gasteiger partial charge in [-0.25, -0.2) is 0 Å². The van der Waals surface area contributed by atoms with Gasteiger partial charge in [-0.05, 0) is 12.8 Å². The summed E-state index contributed by atoms with van der Waals surface area (Å²) >= 11 is 0. The Hall–Kier alpha value is -0.770. The third kappa shape index (κ3) is 5.17. The minimum atomic E-state index is -2.02. The van der Waals surface area contributed by atoms with Crippen LogP contribution in [0.2, 0.25) is 0 Å². The Kier molecular flexibility index (Phi) is 7.50. The summed E-state index contributed by atoms with van der Waals surface area (Å²) < 4.78 is 4.69. The van der Waals surface area contributed by atoms with Gasteiger partial charge >= 0.3 is 5.97 Å². The van der Waals surface area contributed by atoms with Gasteiger partial charge in [0.2, 0.25) is 6.29 Å². The molecular weight excluding hydrogens is 284 g/mol.